The van der Waals surface area contributed by atoms with Gasteiger partial charge in [-0.1, -0.05) is 34.3 Å². The Morgan fingerprint density at radius 3 is 2.75 bits per heavy atom. The zero-order valence-corrected chi connectivity index (χ0v) is 18.4. The van der Waals surface area contributed by atoms with Crippen LogP contribution in [0.3, 0.4) is 0 Å². The average molecular weight is 471 g/mol. The van der Waals surface area contributed by atoms with Gasteiger partial charge in [0.25, 0.3) is 11.5 Å². The molecule has 1 saturated heterocycles. The molecule has 11 heteroatoms. The van der Waals surface area contributed by atoms with Gasteiger partial charge < -0.3 is 14.8 Å². The molecule has 32 heavy (non-hydrogen) atoms. The average Bonchev–Trinajstić information content (AvgIpc) is 3.24. The number of nitrogens with zero attached hydrogens (tertiary/aromatic N) is 4. The number of carbonyl (C=O) groups excluding carboxylic acids is 2. The number of anilines is 2. The quantitative estimate of drug-likeness (QED) is 0.610. The van der Waals surface area contributed by atoms with E-state index in [-0.39, 0.29) is 34.1 Å². The van der Waals surface area contributed by atoms with Gasteiger partial charge >= 0.3 is 6.03 Å². The Hall–Kier alpha value is -3.24. The van der Waals surface area contributed by atoms with Crippen LogP contribution in [0.4, 0.5) is 15.5 Å². The molecule has 1 fully saturated rings. The minimum atomic E-state index is -0.508. The van der Waals surface area contributed by atoms with E-state index in [9.17, 15) is 14.4 Å². The Morgan fingerprint density at radius 1 is 1.06 bits per heavy atom. The van der Waals surface area contributed by atoms with Crippen molar-refractivity contribution in [3.05, 3.63) is 69.2 Å². The zero-order valence-electron chi connectivity index (χ0n) is 16.8. The number of nitrogens with one attached hydrogen (secondary N) is 2. The van der Waals surface area contributed by atoms with Gasteiger partial charge in [0.05, 0.1) is 10.7 Å². The number of likely N-dealkylation sites (tertiary alicyclic amines) is 1. The first-order chi connectivity index (χ1) is 15.5. The molecule has 9 nitrogen and oxygen atoms in total. The number of hydrogen-bond acceptors (Lipinski definition) is 6. The number of piperidine rings is 1. The van der Waals surface area contributed by atoms with Crippen molar-refractivity contribution in [2.75, 3.05) is 23.7 Å². The van der Waals surface area contributed by atoms with E-state index >= 15 is 0 Å². The van der Waals surface area contributed by atoms with Gasteiger partial charge in [-0.2, -0.15) is 0 Å². The summed E-state index contributed by atoms with van der Waals surface area (Å²) in [6, 6.07) is 11.8. The highest BCUT2D eigenvalue weighted by molar-refractivity contribution is 7.10. The number of benzene rings is 1. The summed E-state index contributed by atoms with van der Waals surface area (Å²) in [6.07, 6.45) is 0.945. The number of fused-ring (bicyclic) bond motifs is 4. The van der Waals surface area contributed by atoms with Crippen LogP contribution in [0.1, 0.15) is 28.5 Å². The number of pyridine rings is 1. The Kier molecular flexibility index (Phi) is 5.40. The van der Waals surface area contributed by atoms with Gasteiger partial charge in [-0.15, -0.1) is 5.10 Å². The van der Waals surface area contributed by atoms with E-state index in [1.54, 1.807) is 41.3 Å². The fourth-order valence-electron chi connectivity index (χ4n) is 4.40. The lowest BCUT2D eigenvalue weighted by Gasteiger charge is -2.42. The molecule has 0 unspecified atom stereocenters. The molecular weight excluding hydrogens is 452 g/mol. The second kappa shape index (κ2) is 8.36. The summed E-state index contributed by atoms with van der Waals surface area (Å²) in [5, 5.41) is 10.0. The minimum Gasteiger partial charge on any atom is -0.323 e. The van der Waals surface area contributed by atoms with E-state index in [2.05, 4.69) is 20.2 Å². The summed E-state index contributed by atoms with van der Waals surface area (Å²) >= 11 is 7.04. The fraction of sp³-hybridized carbons (Fsp3) is 0.286. The largest absolute Gasteiger partial charge is 0.323 e. The van der Waals surface area contributed by atoms with Crippen molar-refractivity contribution in [2.24, 2.45) is 5.92 Å². The molecule has 2 atom stereocenters. The van der Waals surface area contributed by atoms with Gasteiger partial charge in [0, 0.05) is 48.8 Å². The third-order valence-corrected chi connectivity index (χ3v) is 6.78. The van der Waals surface area contributed by atoms with Gasteiger partial charge in [-0.05, 0) is 30.5 Å². The first kappa shape index (κ1) is 20.7. The number of urea groups is 1. The number of halogens is 1. The Labute approximate surface area is 192 Å². The highest BCUT2D eigenvalue weighted by atomic mass is 35.5. The smallest absolute Gasteiger partial charge is 0.322 e. The zero-order chi connectivity index (χ0) is 22.2. The van der Waals surface area contributed by atoms with E-state index in [4.69, 9.17) is 11.6 Å². The fourth-order valence-corrected chi connectivity index (χ4v) is 5.14. The molecule has 2 aliphatic heterocycles. The molecule has 0 spiro atoms. The molecule has 4 heterocycles. The minimum absolute atomic E-state index is 0.00000882. The van der Waals surface area contributed by atoms with E-state index in [1.807, 2.05) is 10.6 Å². The Balaban J connectivity index is 1.30. The topological polar surface area (TPSA) is 109 Å². The van der Waals surface area contributed by atoms with E-state index in [0.29, 0.717) is 30.3 Å². The molecule has 2 aliphatic rings. The summed E-state index contributed by atoms with van der Waals surface area (Å²) in [5.41, 5.74) is 1.44. The van der Waals surface area contributed by atoms with Gasteiger partial charge in [0.2, 0.25) is 0 Å². The van der Waals surface area contributed by atoms with Crippen molar-refractivity contribution in [1.29, 1.82) is 0 Å². The van der Waals surface area contributed by atoms with Gasteiger partial charge in [-0.25, -0.2) is 4.79 Å². The monoisotopic (exact) mass is 470 g/mol. The molecule has 164 valence electrons. The lowest BCUT2D eigenvalue weighted by molar-refractivity contribution is 0.102. The van der Waals surface area contributed by atoms with E-state index in [0.717, 1.165) is 23.6 Å². The second-order valence-corrected chi connectivity index (χ2v) is 9.08. The maximum absolute atomic E-state index is 13.0. The SMILES string of the molecule is O=C(Nc1ccccc1Cl)c1nnsc1NC(=O)N1C[C@H]2C[C@H](C1)c1cccc(=O)n1C2. The molecule has 2 bridgehead atoms. The summed E-state index contributed by atoms with van der Waals surface area (Å²) < 4.78 is 5.65. The van der Waals surface area contributed by atoms with Gasteiger partial charge in [-0.3, -0.25) is 14.9 Å². The van der Waals surface area contributed by atoms with Crippen LogP contribution in [-0.4, -0.2) is 44.1 Å². The van der Waals surface area contributed by atoms with Crippen LogP contribution in [0, 0.1) is 5.92 Å². The van der Waals surface area contributed by atoms with E-state index in [1.165, 1.54) is 0 Å². The molecule has 2 N–H and O–H groups in total. The summed E-state index contributed by atoms with van der Waals surface area (Å²) in [6.45, 7) is 1.64. The number of para-hydroxylation sites is 1. The molecule has 3 aromatic rings. The standard InChI is InChI=1S/C21H19ClN6O3S/c22-14-4-1-2-5-15(14)23-19(30)18-20(32-26-25-18)24-21(31)27-9-12-8-13(11-27)16-6-3-7-17(29)28(16)10-12/h1-7,12-13H,8-11H2,(H,23,30)(H,24,31)/t12-,13-/m1/s1. The predicted octanol–water partition coefficient (Wildman–Crippen LogP) is 3.26. The first-order valence-corrected chi connectivity index (χ1v) is 11.3. The molecule has 0 aliphatic carbocycles. The van der Waals surface area contributed by atoms with Crippen LogP contribution >= 0.6 is 23.1 Å². The van der Waals surface area contributed by atoms with E-state index < -0.39 is 5.91 Å². The highest BCUT2D eigenvalue weighted by Gasteiger charge is 2.36. The van der Waals surface area contributed by atoms with Crippen LogP contribution in [0.15, 0.2) is 47.3 Å². The van der Waals surface area contributed by atoms with Crippen LogP contribution < -0.4 is 16.2 Å². The number of aromatic nitrogens is 3. The number of hydrogen-bond donors (Lipinski definition) is 2. The third-order valence-electron chi connectivity index (χ3n) is 5.81. The molecule has 0 radical (unpaired) electrons. The van der Waals surface area contributed by atoms with Crippen LogP contribution in [-0.2, 0) is 6.54 Å². The molecule has 3 amide bonds. The molecule has 2 aromatic heterocycles. The van der Waals surface area contributed by atoms with Gasteiger partial charge in [0.1, 0.15) is 0 Å². The second-order valence-electron chi connectivity index (χ2n) is 7.92. The van der Waals surface area contributed by atoms with Crippen LogP contribution in [0.25, 0.3) is 0 Å². The lowest BCUT2D eigenvalue weighted by Crippen LogP contribution is -2.50. The Bertz CT molecular complexity index is 1260. The first-order valence-electron chi connectivity index (χ1n) is 10.1. The van der Waals surface area contributed by atoms with Crippen LogP contribution in [0.5, 0.6) is 0 Å². The Morgan fingerprint density at radius 2 is 1.91 bits per heavy atom. The van der Waals surface area contributed by atoms with Crippen molar-refractivity contribution in [3.63, 3.8) is 0 Å². The normalized spacial score (nSPS) is 19.2. The maximum Gasteiger partial charge on any atom is 0.322 e. The molecule has 1 aromatic carbocycles. The molecule has 0 saturated carbocycles. The van der Waals surface area contributed by atoms with Crippen molar-refractivity contribution in [3.8, 4) is 0 Å². The molecular formula is C21H19ClN6O3S. The molecule has 5 rings (SSSR count). The lowest BCUT2D eigenvalue weighted by atomic mass is 9.83. The van der Waals surface area contributed by atoms with Crippen molar-refractivity contribution in [1.82, 2.24) is 19.1 Å². The summed E-state index contributed by atoms with van der Waals surface area (Å²) in [4.78, 5) is 39.6. The van der Waals surface area contributed by atoms with Crippen molar-refractivity contribution in [2.45, 2.75) is 18.9 Å². The maximum atomic E-state index is 13.0. The summed E-state index contributed by atoms with van der Waals surface area (Å²) in [5.74, 6) is -0.203. The number of carbonyl (C=O) groups is 2. The third kappa shape index (κ3) is 3.87. The summed E-state index contributed by atoms with van der Waals surface area (Å²) in [7, 11) is 0. The highest BCUT2D eigenvalue weighted by Crippen LogP contribution is 2.35. The van der Waals surface area contributed by atoms with Crippen LogP contribution in [0.2, 0.25) is 5.02 Å². The number of amides is 3. The number of rotatable bonds is 3. The van der Waals surface area contributed by atoms with Crippen molar-refractivity contribution >= 4 is 45.8 Å². The predicted molar refractivity (Wildman–Crippen MR) is 121 cm³/mol. The van der Waals surface area contributed by atoms with Crippen molar-refractivity contribution < 1.29 is 9.59 Å². The van der Waals surface area contributed by atoms with Gasteiger partial charge in [0.15, 0.2) is 10.7 Å².